The van der Waals surface area contributed by atoms with Gasteiger partial charge < -0.3 is 10.6 Å². The number of carbonyl (C=O) groups is 1. The average Bonchev–Trinajstić information content (AvgIpc) is 2.60. The summed E-state index contributed by atoms with van der Waals surface area (Å²) in [6, 6.07) is 11.7. The van der Waals surface area contributed by atoms with Crippen molar-refractivity contribution in [3.63, 3.8) is 0 Å². The van der Waals surface area contributed by atoms with Gasteiger partial charge in [0.15, 0.2) is 0 Å². The van der Waals surface area contributed by atoms with Crippen LogP contribution in [0.15, 0.2) is 55.0 Å². The van der Waals surface area contributed by atoms with Gasteiger partial charge in [0.1, 0.15) is 0 Å². The average molecular weight is 320 g/mol. The number of para-hydroxylation sites is 1. The number of nitrogens with zero attached hydrogens (tertiary/aromatic N) is 2. The van der Waals surface area contributed by atoms with Crippen LogP contribution in [-0.4, -0.2) is 22.4 Å². The monoisotopic (exact) mass is 320 g/mol. The normalized spacial score (nSPS) is 10.8. The summed E-state index contributed by atoms with van der Waals surface area (Å²) >= 11 is 0. The minimum atomic E-state index is -0.115. The first-order valence-electron chi connectivity index (χ1n) is 7.97. The molecule has 3 rings (SSSR count). The highest BCUT2D eigenvalue weighted by molar-refractivity contribution is 5.96. The van der Waals surface area contributed by atoms with Crippen molar-refractivity contribution in [2.75, 3.05) is 11.9 Å². The van der Waals surface area contributed by atoms with E-state index in [2.05, 4.69) is 34.4 Å². The summed E-state index contributed by atoms with van der Waals surface area (Å²) in [6.45, 7) is 4.76. The maximum Gasteiger partial charge on any atom is 0.252 e. The van der Waals surface area contributed by atoms with E-state index < -0.39 is 0 Å². The molecule has 1 aromatic carbocycles. The second-order valence-corrected chi connectivity index (χ2v) is 6.07. The van der Waals surface area contributed by atoms with Gasteiger partial charge >= 0.3 is 0 Å². The van der Waals surface area contributed by atoms with E-state index in [9.17, 15) is 4.79 Å². The number of carbonyl (C=O) groups excluding carboxylic acids is 1. The van der Waals surface area contributed by atoms with Gasteiger partial charge in [0.2, 0.25) is 0 Å². The molecule has 0 radical (unpaired) electrons. The summed E-state index contributed by atoms with van der Waals surface area (Å²) in [6.07, 6.45) is 5.03. The number of aromatic nitrogens is 2. The molecule has 122 valence electrons. The highest BCUT2D eigenvalue weighted by Crippen LogP contribution is 2.24. The second-order valence-electron chi connectivity index (χ2n) is 6.07. The van der Waals surface area contributed by atoms with Gasteiger partial charge in [-0.2, -0.15) is 0 Å². The van der Waals surface area contributed by atoms with Crippen molar-refractivity contribution in [1.29, 1.82) is 0 Å². The van der Waals surface area contributed by atoms with Gasteiger partial charge in [0.05, 0.1) is 28.7 Å². The van der Waals surface area contributed by atoms with Gasteiger partial charge in [-0.05, 0) is 24.1 Å². The molecule has 2 N–H and O–H groups in total. The summed E-state index contributed by atoms with van der Waals surface area (Å²) in [5.41, 5.74) is 3.06. The molecule has 0 aliphatic rings. The van der Waals surface area contributed by atoms with Crippen LogP contribution in [0.3, 0.4) is 0 Å². The molecule has 5 nitrogen and oxygen atoms in total. The molecule has 0 fully saturated rings. The molecule has 0 unspecified atom stereocenters. The Morgan fingerprint density at radius 3 is 2.83 bits per heavy atom. The Morgan fingerprint density at radius 2 is 2.00 bits per heavy atom. The lowest BCUT2D eigenvalue weighted by atomic mass is 10.1. The van der Waals surface area contributed by atoms with Gasteiger partial charge in [-0.1, -0.05) is 32.0 Å². The second kappa shape index (κ2) is 7.08. The van der Waals surface area contributed by atoms with Crippen LogP contribution in [0, 0.1) is 5.92 Å². The molecule has 3 aromatic rings. The molecule has 0 aliphatic carbocycles. The number of hydrogen-bond acceptors (Lipinski definition) is 4. The van der Waals surface area contributed by atoms with Crippen LogP contribution in [0.5, 0.6) is 0 Å². The number of benzene rings is 1. The van der Waals surface area contributed by atoms with E-state index in [-0.39, 0.29) is 5.91 Å². The SMILES string of the molecule is CC(C)CNC(=O)c1cncc(Nc2cccc3cccnc23)c1. The number of pyridine rings is 2. The first-order chi connectivity index (χ1) is 11.6. The van der Waals surface area contributed by atoms with Crippen LogP contribution in [-0.2, 0) is 0 Å². The van der Waals surface area contributed by atoms with Crippen molar-refractivity contribution in [2.45, 2.75) is 13.8 Å². The van der Waals surface area contributed by atoms with Gasteiger partial charge in [0, 0.05) is 24.3 Å². The number of rotatable bonds is 5. The van der Waals surface area contributed by atoms with Crippen molar-refractivity contribution >= 4 is 28.2 Å². The smallest absolute Gasteiger partial charge is 0.252 e. The molecule has 5 heteroatoms. The minimum Gasteiger partial charge on any atom is -0.352 e. The lowest BCUT2D eigenvalue weighted by Gasteiger charge is -2.11. The van der Waals surface area contributed by atoms with E-state index in [4.69, 9.17) is 0 Å². The van der Waals surface area contributed by atoms with E-state index in [0.29, 0.717) is 18.0 Å². The molecule has 1 amide bonds. The lowest BCUT2D eigenvalue weighted by molar-refractivity contribution is 0.0948. The number of hydrogen-bond donors (Lipinski definition) is 2. The third kappa shape index (κ3) is 3.68. The molecule has 2 aromatic heterocycles. The fourth-order valence-electron chi connectivity index (χ4n) is 2.39. The Morgan fingerprint density at radius 1 is 1.17 bits per heavy atom. The number of anilines is 2. The van der Waals surface area contributed by atoms with Crippen molar-refractivity contribution in [3.8, 4) is 0 Å². The van der Waals surface area contributed by atoms with Gasteiger partial charge in [-0.15, -0.1) is 0 Å². The molecule has 2 heterocycles. The minimum absolute atomic E-state index is 0.115. The van der Waals surface area contributed by atoms with Gasteiger partial charge in [-0.25, -0.2) is 0 Å². The predicted molar refractivity (Wildman–Crippen MR) is 96.4 cm³/mol. The Hall–Kier alpha value is -2.95. The molecule has 0 aliphatic heterocycles. The highest BCUT2D eigenvalue weighted by atomic mass is 16.1. The van der Waals surface area contributed by atoms with E-state index in [1.54, 1.807) is 24.7 Å². The predicted octanol–water partition coefficient (Wildman–Crippen LogP) is 3.76. The zero-order valence-corrected chi connectivity index (χ0v) is 13.8. The summed E-state index contributed by atoms with van der Waals surface area (Å²) in [5.74, 6) is 0.292. The maximum absolute atomic E-state index is 12.2. The Kier molecular flexibility index (Phi) is 4.70. The van der Waals surface area contributed by atoms with E-state index in [0.717, 1.165) is 22.3 Å². The van der Waals surface area contributed by atoms with Crippen molar-refractivity contribution in [1.82, 2.24) is 15.3 Å². The molecular weight excluding hydrogens is 300 g/mol. The van der Waals surface area contributed by atoms with Gasteiger partial charge in [0.25, 0.3) is 5.91 Å². The summed E-state index contributed by atoms with van der Waals surface area (Å²) < 4.78 is 0. The molecule has 0 spiro atoms. The summed E-state index contributed by atoms with van der Waals surface area (Å²) in [4.78, 5) is 20.8. The topological polar surface area (TPSA) is 66.9 Å². The van der Waals surface area contributed by atoms with Crippen molar-refractivity contribution in [2.24, 2.45) is 5.92 Å². The largest absolute Gasteiger partial charge is 0.352 e. The third-order valence-corrected chi connectivity index (χ3v) is 3.58. The Labute approximate surface area is 141 Å². The third-order valence-electron chi connectivity index (χ3n) is 3.58. The van der Waals surface area contributed by atoms with Crippen molar-refractivity contribution in [3.05, 3.63) is 60.6 Å². The zero-order valence-electron chi connectivity index (χ0n) is 13.8. The summed E-state index contributed by atoms with van der Waals surface area (Å²) in [7, 11) is 0. The molecule has 0 saturated heterocycles. The van der Waals surface area contributed by atoms with E-state index in [1.165, 1.54) is 0 Å². The Balaban J connectivity index is 1.83. The molecule has 24 heavy (non-hydrogen) atoms. The summed E-state index contributed by atoms with van der Waals surface area (Å²) in [5, 5.41) is 7.26. The first kappa shape index (κ1) is 15.9. The van der Waals surface area contributed by atoms with Crippen LogP contribution < -0.4 is 10.6 Å². The van der Waals surface area contributed by atoms with Crippen LogP contribution in [0.2, 0.25) is 0 Å². The van der Waals surface area contributed by atoms with Crippen LogP contribution in [0.25, 0.3) is 10.9 Å². The molecule has 0 atom stereocenters. The number of amides is 1. The van der Waals surface area contributed by atoms with E-state index in [1.807, 2.05) is 30.3 Å². The first-order valence-corrected chi connectivity index (χ1v) is 7.97. The Bertz CT molecular complexity index is 855. The highest BCUT2D eigenvalue weighted by Gasteiger charge is 2.08. The van der Waals surface area contributed by atoms with Crippen LogP contribution in [0.1, 0.15) is 24.2 Å². The quantitative estimate of drug-likeness (QED) is 0.751. The van der Waals surface area contributed by atoms with Gasteiger partial charge in [-0.3, -0.25) is 14.8 Å². The van der Waals surface area contributed by atoms with Crippen molar-refractivity contribution < 1.29 is 4.79 Å². The van der Waals surface area contributed by atoms with E-state index >= 15 is 0 Å². The molecular formula is C19H20N4O. The maximum atomic E-state index is 12.2. The number of fused-ring (bicyclic) bond motifs is 1. The zero-order chi connectivity index (χ0) is 16.9. The fourth-order valence-corrected chi connectivity index (χ4v) is 2.39. The standard InChI is InChI=1S/C19H20N4O/c1-13(2)10-22-19(24)15-9-16(12-20-11-15)23-17-7-3-5-14-6-4-8-21-18(14)17/h3-9,11-13,23H,10H2,1-2H3,(H,22,24). The number of nitrogens with one attached hydrogen (secondary N) is 2. The van der Waals surface area contributed by atoms with Crippen LogP contribution >= 0.6 is 0 Å². The lowest BCUT2D eigenvalue weighted by Crippen LogP contribution is -2.27. The molecule has 0 bridgehead atoms. The molecule has 0 saturated carbocycles. The van der Waals surface area contributed by atoms with Crippen LogP contribution in [0.4, 0.5) is 11.4 Å². The fraction of sp³-hybridized carbons (Fsp3) is 0.211.